The van der Waals surface area contributed by atoms with Gasteiger partial charge in [-0.1, -0.05) is 13.5 Å². The summed E-state index contributed by atoms with van der Waals surface area (Å²) >= 11 is 0. The van der Waals surface area contributed by atoms with Crippen molar-refractivity contribution in [3.05, 3.63) is 12.3 Å². The van der Waals surface area contributed by atoms with Gasteiger partial charge >= 0.3 is 5.97 Å². The maximum absolute atomic E-state index is 12.3. The number of fused-ring (bicyclic) bond motifs is 6. The molecule has 2 unspecified atom stereocenters. The quantitative estimate of drug-likeness (QED) is 0.329. The summed E-state index contributed by atoms with van der Waals surface area (Å²) in [7, 11) is 0. The van der Waals surface area contributed by atoms with Crippen molar-refractivity contribution in [3.63, 3.8) is 0 Å². The number of epoxide rings is 1. The second kappa shape index (κ2) is 3.65. The molecule has 4 aliphatic rings. The molecule has 0 aromatic rings. The molecule has 2 heterocycles. The van der Waals surface area contributed by atoms with Gasteiger partial charge in [-0.05, 0) is 6.92 Å². The van der Waals surface area contributed by atoms with Crippen LogP contribution in [-0.2, 0) is 23.8 Å². The van der Waals surface area contributed by atoms with Gasteiger partial charge in [-0.2, -0.15) is 0 Å². The zero-order valence-corrected chi connectivity index (χ0v) is 12.3. The first-order valence-corrected chi connectivity index (χ1v) is 7.30. The number of rotatable bonds is 3. The largest absolute Gasteiger partial charge is 0.512 e. The smallest absolute Gasteiger partial charge is 0.313 e. The lowest BCUT2D eigenvalue weighted by Gasteiger charge is -2.54. The third kappa shape index (κ3) is 1.16. The highest BCUT2D eigenvalue weighted by atomic mass is 16.6. The minimum atomic E-state index is -1.49. The highest BCUT2D eigenvalue weighted by molar-refractivity contribution is 5.79. The van der Waals surface area contributed by atoms with E-state index in [4.69, 9.17) is 14.2 Å². The lowest BCUT2D eigenvalue weighted by molar-refractivity contribution is -0.233. The van der Waals surface area contributed by atoms with Gasteiger partial charge in [-0.25, -0.2) is 0 Å². The molecule has 4 rings (SSSR count). The lowest BCUT2D eigenvalue weighted by atomic mass is 9.53. The third-order valence-corrected chi connectivity index (χ3v) is 6.56. The van der Waals surface area contributed by atoms with E-state index in [9.17, 15) is 19.8 Å². The molecular weight excluding hydrogens is 292 g/mol. The first kappa shape index (κ1) is 14.0. The Morgan fingerprint density at radius 1 is 1.50 bits per heavy atom. The van der Waals surface area contributed by atoms with E-state index in [1.807, 2.05) is 6.92 Å². The maximum Gasteiger partial charge on any atom is 0.313 e. The van der Waals surface area contributed by atoms with Crippen molar-refractivity contribution in [2.75, 3.05) is 0 Å². The van der Waals surface area contributed by atoms with Crippen LogP contribution in [0.2, 0.25) is 0 Å². The summed E-state index contributed by atoms with van der Waals surface area (Å²) in [5, 5.41) is 21.3. The van der Waals surface area contributed by atoms with Gasteiger partial charge in [-0.3, -0.25) is 9.59 Å². The molecule has 7 nitrogen and oxygen atoms in total. The summed E-state index contributed by atoms with van der Waals surface area (Å²) < 4.78 is 16.3. The number of hydrogen-bond acceptors (Lipinski definition) is 7. The van der Waals surface area contributed by atoms with Crippen molar-refractivity contribution in [1.82, 2.24) is 0 Å². The predicted octanol–water partition coefficient (Wildman–Crippen LogP) is 0.0697. The molecular formula is C15H18O7. The molecule has 2 saturated carbocycles. The van der Waals surface area contributed by atoms with Crippen LogP contribution in [0.1, 0.15) is 20.3 Å². The van der Waals surface area contributed by atoms with Crippen LogP contribution in [0.25, 0.3) is 0 Å². The van der Waals surface area contributed by atoms with Crippen LogP contribution in [0, 0.1) is 17.3 Å². The fourth-order valence-electron chi connectivity index (χ4n) is 5.20. The average molecular weight is 310 g/mol. The highest BCUT2D eigenvalue weighted by Gasteiger charge is 2.88. The number of hydrogen-bond donors (Lipinski definition) is 2. The third-order valence-electron chi connectivity index (χ3n) is 6.56. The van der Waals surface area contributed by atoms with Crippen LogP contribution in [0.4, 0.5) is 0 Å². The number of aliphatic hydroxyl groups is 2. The van der Waals surface area contributed by atoms with Gasteiger partial charge in [-0.15, -0.1) is 0 Å². The molecule has 2 bridgehead atoms. The summed E-state index contributed by atoms with van der Waals surface area (Å²) in [6.07, 6.45) is -1.76. The van der Waals surface area contributed by atoms with Crippen molar-refractivity contribution in [3.8, 4) is 0 Å². The minimum Gasteiger partial charge on any atom is -0.512 e. The summed E-state index contributed by atoms with van der Waals surface area (Å²) in [5.74, 6) is -2.57. The Morgan fingerprint density at radius 3 is 2.77 bits per heavy atom. The lowest BCUT2D eigenvalue weighted by Crippen LogP contribution is -2.69. The second-order valence-corrected chi connectivity index (χ2v) is 7.09. The molecule has 0 aromatic heterocycles. The molecule has 0 aromatic carbocycles. The van der Waals surface area contributed by atoms with E-state index in [0.717, 1.165) is 0 Å². The predicted molar refractivity (Wildman–Crippen MR) is 70.5 cm³/mol. The molecule has 8 atom stereocenters. The summed E-state index contributed by atoms with van der Waals surface area (Å²) in [6.45, 7) is 7.38. The SMILES string of the molecule is C=C(O)[C@@H]1C2OC(=O)C1[C@]1(O)C[C@H]3O[C@@]3(C)[C@]1(C)[C@@H]2OC=O. The van der Waals surface area contributed by atoms with E-state index in [-0.39, 0.29) is 24.8 Å². The molecule has 2 saturated heterocycles. The standard InChI is InChI=1S/C15H18O7/c1-6(17)8-9-12(18)21-10(8)11(20-5-16)13(2)14(3)7(22-14)4-15(9,13)19/h5,7-11,17,19H,1,4H2,2-3H3/t7-,8+,9?,10?,11-,13+,14-,15-/m1/s1. The molecule has 2 aliphatic carbocycles. The minimum absolute atomic E-state index is 0.208. The number of ether oxygens (including phenoxy) is 3. The Kier molecular flexibility index (Phi) is 2.33. The average Bonchev–Trinajstić information content (AvgIpc) is 2.89. The molecule has 120 valence electrons. The normalized spacial score (nSPS) is 57.6. The van der Waals surface area contributed by atoms with Gasteiger partial charge < -0.3 is 24.4 Å². The van der Waals surface area contributed by atoms with E-state index >= 15 is 0 Å². The number of esters is 1. The highest BCUT2D eigenvalue weighted by Crippen LogP contribution is 2.73. The molecule has 0 radical (unpaired) electrons. The van der Waals surface area contributed by atoms with Gasteiger partial charge in [0, 0.05) is 6.42 Å². The Bertz CT molecular complexity index is 603. The fraction of sp³-hybridized carbons (Fsp3) is 0.733. The van der Waals surface area contributed by atoms with Crippen LogP contribution in [0.5, 0.6) is 0 Å². The van der Waals surface area contributed by atoms with Gasteiger partial charge in [0.25, 0.3) is 6.47 Å². The molecule has 2 aliphatic heterocycles. The zero-order valence-electron chi connectivity index (χ0n) is 12.3. The van der Waals surface area contributed by atoms with Crippen LogP contribution >= 0.6 is 0 Å². The Balaban J connectivity index is 1.92. The van der Waals surface area contributed by atoms with Crippen LogP contribution in [0.15, 0.2) is 12.3 Å². The van der Waals surface area contributed by atoms with E-state index < -0.39 is 46.6 Å². The van der Waals surface area contributed by atoms with Gasteiger partial charge in [0.2, 0.25) is 0 Å². The first-order valence-electron chi connectivity index (χ1n) is 7.30. The van der Waals surface area contributed by atoms with Crippen LogP contribution < -0.4 is 0 Å². The van der Waals surface area contributed by atoms with Gasteiger partial charge in [0.05, 0.1) is 34.7 Å². The number of carbonyl (C=O) groups excluding carboxylic acids is 2. The molecule has 2 N–H and O–H groups in total. The summed E-state index contributed by atoms with van der Waals surface area (Å²) in [4.78, 5) is 23.3. The zero-order chi connectivity index (χ0) is 16.1. The summed E-state index contributed by atoms with van der Waals surface area (Å²) in [6, 6.07) is 0. The summed E-state index contributed by atoms with van der Waals surface area (Å²) in [5.41, 5.74) is -3.18. The Labute approximate surface area is 126 Å². The van der Waals surface area contributed by atoms with Crippen LogP contribution in [0.3, 0.4) is 0 Å². The Hall–Kier alpha value is -1.60. The molecule has 4 fully saturated rings. The first-order chi connectivity index (χ1) is 10.2. The van der Waals surface area contributed by atoms with Crippen molar-refractivity contribution in [1.29, 1.82) is 0 Å². The van der Waals surface area contributed by atoms with Crippen LogP contribution in [-0.4, -0.2) is 52.2 Å². The van der Waals surface area contributed by atoms with E-state index in [2.05, 4.69) is 6.58 Å². The van der Waals surface area contributed by atoms with E-state index in [0.29, 0.717) is 0 Å². The number of aliphatic hydroxyl groups excluding tert-OH is 1. The van der Waals surface area contributed by atoms with Crippen molar-refractivity contribution in [2.45, 2.75) is 49.8 Å². The van der Waals surface area contributed by atoms with Crippen molar-refractivity contribution < 1.29 is 34.0 Å². The topological polar surface area (TPSA) is 106 Å². The molecule has 0 spiro atoms. The Morgan fingerprint density at radius 2 is 2.18 bits per heavy atom. The van der Waals surface area contributed by atoms with Crippen molar-refractivity contribution >= 4 is 12.4 Å². The maximum atomic E-state index is 12.3. The van der Waals surface area contributed by atoms with E-state index in [1.54, 1.807) is 6.92 Å². The number of carbonyl (C=O) groups is 2. The van der Waals surface area contributed by atoms with Crippen molar-refractivity contribution in [2.24, 2.45) is 17.3 Å². The van der Waals surface area contributed by atoms with E-state index in [1.165, 1.54) is 0 Å². The molecule has 7 heteroatoms. The van der Waals surface area contributed by atoms with Gasteiger partial charge in [0.1, 0.15) is 11.7 Å². The van der Waals surface area contributed by atoms with Gasteiger partial charge in [0.15, 0.2) is 6.10 Å². The fourth-order valence-corrected chi connectivity index (χ4v) is 5.20. The monoisotopic (exact) mass is 310 g/mol. The molecule has 0 amide bonds. The molecule has 22 heavy (non-hydrogen) atoms. The second-order valence-electron chi connectivity index (χ2n) is 7.09.